The molecule has 3 rings (SSSR count). The van der Waals surface area contributed by atoms with E-state index in [1.165, 1.54) is 0 Å². The van der Waals surface area contributed by atoms with Crippen molar-refractivity contribution < 1.29 is 17.9 Å². The van der Waals surface area contributed by atoms with E-state index in [1.54, 1.807) is 31.2 Å². The van der Waals surface area contributed by atoms with Gasteiger partial charge < -0.3 is 15.0 Å². The molecule has 8 heteroatoms. The number of amides is 1. The maximum absolute atomic E-state index is 12.2. The molecule has 0 atom stereocenters. The van der Waals surface area contributed by atoms with Crippen LogP contribution < -0.4 is 10.1 Å². The van der Waals surface area contributed by atoms with Crippen molar-refractivity contribution in [2.24, 2.45) is 0 Å². The number of benzene rings is 1. The fourth-order valence-corrected chi connectivity index (χ4v) is 3.47. The average Bonchev–Trinajstić information content (AvgIpc) is 3.01. The van der Waals surface area contributed by atoms with Crippen LogP contribution in [0.15, 0.2) is 23.2 Å². The molecular formula is C16H17N3O4S. The molecule has 0 aliphatic carbocycles. The number of anilines is 1. The zero-order valence-corrected chi connectivity index (χ0v) is 14.3. The number of aromatic nitrogens is 2. The zero-order valence-electron chi connectivity index (χ0n) is 13.5. The minimum atomic E-state index is -3.43. The van der Waals surface area contributed by atoms with Gasteiger partial charge in [-0.05, 0) is 38.1 Å². The summed E-state index contributed by atoms with van der Waals surface area (Å²) in [6.07, 6.45) is 2.64. The lowest BCUT2D eigenvalue weighted by Crippen LogP contribution is -2.03. The van der Waals surface area contributed by atoms with E-state index >= 15 is 0 Å². The normalized spacial score (nSPS) is 15.5. The summed E-state index contributed by atoms with van der Waals surface area (Å²) >= 11 is 0. The van der Waals surface area contributed by atoms with Crippen LogP contribution in [0.5, 0.6) is 5.75 Å². The zero-order chi connectivity index (χ0) is 17.5. The summed E-state index contributed by atoms with van der Waals surface area (Å²) in [4.78, 5) is 19.2. The number of imidazole rings is 1. The van der Waals surface area contributed by atoms with Gasteiger partial charge in [-0.1, -0.05) is 0 Å². The first-order valence-corrected chi connectivity index (χ1v) is 9.25. The van der Waals surface area contributed by atoms with E-state index in [0.717, 1.165) is 6.26 Å². The number of nitrogens with zero attached hydrogens (tertiary/aromatic N) is 1. The first-order chi connectivity index (χ1) is 11.3. The molecule has 0 bridgehead atoms. The maximum Gasteiger partial charge on any atom is 0.256 e. The van der Waals surface area contributed by atoms with Crippen molar-refractivity contribution in [1.82, 2.24) is 9.97 Å². The van der Waals surface area contributed by atoms with Gasteiger partial charge in [-0.3, -0.25) is 4.79 Å². The molecule has 2 N–H and O–H groups in total. The number of hydrogen-bond acceptors (Lipinski definition) is 5. The summed E-state index contributed by atoms with van der Waals surface area (Å²) in [5, 5.41) is 2.75. The van der Waals surface area contributed by atoms with E-state index < -0.39 is 9.84 Å². The summed E-state index contributed by atoms with van der Waals surface area (Å²) in [6.45, 7) is 4.03. The standard InChI is InChI=1S/C16H17N3O4S/c1-4-23-10-5-6-13-11(7-10)12(15(20)18-13)8-14-17-9(2)16(19-14)24(3,21)22/h5-8H,4H2,1-3H3,(H,17,19)(H,18,20)/b12-8-. The van der Waals surface area contributed by atoms with Gasteiger partial charge in [0.25, 0.3) is 5.91 Å². The molecule has 0 radical (unpaired) electrons. The van der Waals surface area contributed by atoms with Crippen molar-refractivity contribution in [1.29, 1.82) is 0 Å². The first-order valence-electron chi connectivity index (χ1n) is 7.36. The fourth-order valence-electron chi connectivity index (χ4n) is 2.60. The van der Waals surface area contributed by atoms with Gasteiger partial charge in [0.05, 0.1) is 17.9 Å². The Kier molecular flexibility index (Phi) is 3.92. The van der Waals surface area contributed by atoms with E-state index in [9.17, 15) is 13.2 Å². The van der Waals surface area contributed by atoms with Crippen LogP contribution in [0.25, 0.3) is 11.6 Å². The SMILES string of the molecule is CCOc1ccc2c(c1)/C(=C/c1nc(S(C)(=O)=O)c(C)[nH]1)C(=O)N2. The van der Waals surface area contributed by atoms with Gasteiger partial charge in [-0.2, -0.15) is 0 Å². The van der Waals surface area contributed by atoms with E-state index in [4.69, 9.17) is 4.74 Å². The smallest absolute Gasteiger partial charge is 0.256 e. The molecule has 1 aromatic heterocycles. The van der Waals surface area contributed by atoms with Crippen molar-refractivity contribution in [3.63, 3.8) is 0 Å². The molecule has 0 fully saturated rings. The van der Waals surface area contributed by atoms with Gasteiger partial charge in [0.15, 0.2) is 14.9 Å². The Morgan fingerprint density at radius 1 is 1.33 bits per heavy atom. The van der Waals surface area contributed by atoms with E-state index in [-0.39, 0.29) is 10.9 Å². The number of hydrogen-bond donors (Lipinski definition) is 2. The molecule has 24 heavy (non-hydrogen) atoms. The molecule has 7 nitrogen and oxygen atoms in total. The Hall–Kier alpha value is -2.61. The molecule has 0 spiro atoms. The summed E-state index contributed by atoms with van der Waals surface area (Å²) in [6, 6.07) is 5.33. The monoisotopic (exact) mass is 347 g/mol. The van der Waals surface area contributed by atoms with Crippen molar-refractivity contribution in [2.75, 3.05) is 18.2 Å². The predicted octanol–water partition coefficient (Wildman–Crippen LogP) is 2.01. The Balaban J connectivity index is 2.06. The Morgan fingerprint density at radius 2 is 2.08 bits per heavy atom. The summed E-state index contributed by atoms with van der Waals surface area (Å²) in [5.41, 5.74) is 2.22. The molecule has 1 aliphatic heterocycles. The number of aromatic amines is 1. The quantitative estimate of drug-likeness (QED) is 0.824. The highest BCUT2D eigenvalue weighted by molar-refractivity contribution is 7.90. The highest BCUT2D eigenvalue weighted by atomic mass is 32.2. The summed E-state index contributed by atoms with van der Waals surface area (Å²) in [5.74, 6) is 0.701. The van der Waals surface area contributed by atoms with Gasteiger partial charge in [-0.15, -0.1) is 0 Å². The minimum absolute atomic E-state index is 0.0176. The van der Waals surface area contributed by atoms with Crippen LogP contribution in [0.1, 0.15) is 24.0 Å². The number of nitrogens with one attached hydrogen (secondary N) is 2. The lowest BCUT2D eigenvalue weighted by molar-refractivity contribution is -0.110. The number of carbonyl (C=O) groups is 1. The van der Waals surface area contributed by atoms with Crippen molar-refractivity contribution in [2.45, 2.75) is 18.9 Å². The number of fused-ring (bicyclic) bond motifs is 1. The number of sulfone groups is 1. The Labute approximate surface area is 139 Å². The van der Waals surface area contributed by atoms with Crippen LogP contribution in [0.2, 0.25) is 0 Å². The number of rotatable bonds is 4. The highest BCUT2D eigenvalue weighted by Gasteiger charge is 2.25. The lowest BCUT2D eigenvalue weighted by Gasteiger charge is -2.05. The van der Waals surface area contributed by atoms with Gasteiger partial charge in [0, 0.05) is 17.5 Å². The van der Waals surface area contributed by atoms with Crippen LogP contribution in [0, 0.1) is 6.92 Å². The predicted molar refractivity (Wildman–Crippen MR) is 90.5 cm³/mol. The van der Waals surface area contributed by atoms with Crippen molar-refractivity contribution in [3.8, 4) is 5.75 Å². The largest absolute Gasteiger partial charge is 0.494 e. The molecule has 2 heterocycles. The Bertz CT molecular complexity index is 958. The molecular weight excluding hydrogens is 330 g/mol. The summed E-state index contributed by atoms with van der Waals surface area (Å²) in [7, 11) is -3.43. The second kappa shape index (κ2) is 5.79. The van der Waals surface area contributed by atoms with Crippen LogP contribution in [-0.4, -0.2) is 37.2 Å². The number of carbonyl (C=O) groups excluding carboxylic acids is 1. The second-order valence-corrected chi connectivity index (χ2v) is 7.41. The van der Waals surface area contributed by atoms with Gasteiger partial charge in [0.1, 0.15) is 11.6 Å². The molecule has 1 aliphatic rings. The molecule has 126 valence electrons. The van der Waals surface area contributed by atoms with Crippen LogP contribution >= 0.6 is 0 Å². The lowest BCUT2D eigenvalue weighted by atomic mass is 10.1. The van der Waals surface area contributed by atoms with Crippen molar-refractivity contribution in [3.05, 3.63) is 35.3 Å². The number of H-pyrrole nitrogens is 1. The molecule has 0 saturated carbocycles. The molecule has 1 amide bonds. The second-order valence-electron chi connectivity index (χ2n) is 5.48. The fraction of sp³-hybridized carbons (Fsp3) is 0.250. The van der Waals surface area contributed by atoms with Gasteiger partial charge >= 0.3 is 0 Å². The molecule has 0 saturated heterocycles. The van der Waals surface area contributed by atoms with Crippen LogP contribution in [0.4, 0.5) is 5.69 Å². The molecule has 1 aromatic carbocycles. The first kappa shape index (κ1) is 16.3. The third kappa shape index (κ3) is 2.92. The van der Waals surface area contributed by atoms with E-state index in [2.05, 4.69) is 15.3 Å². The maximum atomic E-state index is 12.2. The molecule has 0 unspecified atom stereocenters. The van der Waals surface area contributed by atoms with E-state index in [1.807, 2.05) is 6.92 Å². The Morgan fingerprint density at radius 3 is 2.71 bits per heavy atom. The van der Waals surface area contributed by atoms with Crippen molar-refractivity contribution >= 4 is 33.1 Å². The van der Waals surface area contributed by atoms with E-state index in [0.29, 0.717) is 40.7 Å². The summed E-state index contributed by atoms with van der Waals surface area (Å²) < 4.78 is 28.8. The third-order valence-electron chi connectivity index (χ3n) is 3.58. The van der Waals surface area contributed by atoms with Gasteiger partial charge in [-0.25, -0.2) is 13.4 Å². The van der Waals surface area contributed by atoms with Crippen LogP contribution in [0.3, 0.4) is 0 Å². The third-order valence-corrected chi connectivity index (χ3v) is 4.68. The van der Waals surface area contributed by atoms with Gasteiger partial charge in [0.2, 0.25) is 0 Å². The average molecular weight is 347 g/mol. The number of aryl methyl sites for hydroxylation is 1. The molecule has 2 aromatic rings. The minimum Gasteiger partial charge on any atom is -0.494 e. The van der Waals surface area contributed by atoms with Crippen LogP contribution in [-0.2, 0) is 14.6 Å². The number of ether oxygens (including phenoxy) is 1. The highest BCUT2D eigenvalue weighted by Crippen LogP contribution is 2.35. The topological polar surface area (TPSA) is 101 Å².